The monoisotopic (exact) mass is 468 g/mol. The van der Waals surface area contributed by atoms with Crippen LogP contribution in [0.2, 0.25) is 5.02 Å². The quantitative estimate of drug-likeness (QED) is 0.506. The van der Waals surface area contributed by atoms with Crippen LogP contribution in [0.3, 0.4) is 0 Å². The number of carbonyl (C=O) groups is 2. The van der Waals surface area contributed by atoms with Crippen molar-refractivity contribution >= 4 is 29.1 Å². The summed E-state index contributed by atoms with van der Waals surface area (Å²) in [7, 11) is 2.97. The molecule has 0 spiro atoms. The van der Waals surface area contributed by atoms with E-state index < -0.39 is 23.9 Å². The lowest BCUT2D eigenvalue weighted by molar-refractivity contribution is -0.123. The third-order valence-corrected chi connectivity index (χ3v) is 5.69. The average molecular weight is 469 g/mol. The molecule has 3 heterocycles. The van der Waals surface area contributed by atoms with Gasteiger partial charge < -0.3 is 14.0 Å². The fourth-order valence-electron chi connectivity index (χ4n) is 3.78. The van der Waals surface area contributed by atoms with Gasteiger partial charge in [0.05, 0.1) is 24.9 Å². The summed E-state index contributed by atoms with van der Waals surface area (Å²) in [6.45, 7) is 0.000906. The Labute approximate surface area is 192 Å². The number of amides is 2. The summed E-state index contributed by atoms with van der Waals surface area (Å²) in [6, 6.07) is 10.0. The zero-order valence-electron chi connectivity index (χ0n) is 17.5. The lowest BCUT2D eigenvalue weighted by atomic mass is 10.1. The van der Waals surface area contributed by atoms with Gasteiger partial charge in [-0.05, 0) is 24.3 Å². The number of hydrogen-bond acceptors (Lipinski definition) is 10. The van der Waals surface area contributed by atoms with Crippen LogP contribution in [-0.2, 0) is 16.1 Å². The van der Waals surface area contributed by atoms with Gasteiger partial charge in [0.2, 0.25) is 11.7 Å². The van der Waals surface area contributed by atoms with Crippen LogP contribution in [0, 0.1) is 0 Å². The van der Waals surface area contributed by atoms with Crippen molar-refractivity contribution in [1.29, 1.82) is 0 Å². The predicted octanol–water partition coefficient (Wildman–Crippen LogP) is 2.90. The third-order valence-electron chi connectivity index (χ3n) is 5.36. The fraction of sp³-hybridized carbons (Fsp3) is 0.238. The van der Waals surface area contributed by atoms with E-state index in [1.165, 1.54) is 19.2 Å². The molecule has 2 amide bonds. The number of carbonyl (C=O) groups excluding carboxylic acids is 2. The second-order valence-electron chi connectivity index (χ2n) is 7.23. The lowest BCUT2D eigenvalue weighted by Crippen LogP contribution is -2.39. The smallest absolute Gasteiger partial charge is 0.263 e. The van der Waals surface area contributed by atoms with Crippen molar-refractivity contribution in [3.63, 3.8) is 0 Å². The van der Waals surface area contributed by atoms with E-state index >= 15 is 0 Å². The summed E-state index contributed by atoms with van der Waals surface area (Å²) in [5, 5.41) is 13.8. The van der Waals surface area contributed by atoms with Crippen LogP contribution < -0.4 is 14.4 Å². The molecule has 0 bridgehead atoms. The third kappa shape index (κ3) is 3.46. The highest BCUT2D eigenvalue weighted by molar-refractivity contribution is 6.33. The first-order chi connectivity index (χ1) is 16.0. The first-order valence-corrected chi connectivity index (χ1v) is 10.2. The largest absolute Gasteiger partial charge is 0.493 e. The predicted molar refractivity (Wildman–Crippen MR) is 115 cm³/mol. The van der Waals surface area contributed by atoms with Crippen molar-refractivity contribution in [3.8, 4) is 22.9 Å². The average Bonchev–Trinajstić information content (AvgIpc) is 3.52. The minimum atomic E-state index is -0.962. The molecule has 0 aliphatic carbocycles. The fourth-order valence-corrected chi connectivity index (χ4v) is 4.00. The molecule has 5 rings (SSSR count). The molecule has 1 fully saturated rings. The number of anilines is 1. The molecule has 12 heteroatoms. The zero-order chi connectivity index (χ0) is 23.1. The van der Waals surface area contributed by atoms with Gasteiger partial charge in [0, 0.05) is 11.6 Å². The minimum absolute atomic E-state index is 0.000906. The van der Waals surface area contributed by atoms with Crippen LogP contribution in [0.25, 0.3) is 11.4 Å². The van der Waals surface area contributed by atoms with E-state index in [0.717, 1.165) is 4.90 Å². The van der Waals surface area contributed by atoms with E-state index in [9.17, 15) is 9.59 Å². The van der Waals surface area contributed by atoms with Gasteiger partial charge in [-0.1, -0.05) is 34.1 Å². The van der Waals surface area contributed by atoms with Crippen molar-refractivity contribution in [1.82, 2.24) is 15.1 Å². The molecule has 2 aliphatic rings. The van der Waals surface area contributed by atoms with E-state index in [1.54, 1.807) is 36.4 Å². The number of aromatic nitrogens is 2. The van der Waals surface area contributed by atoms with Crippen molar-refractivity contribution < 1.29 is 23.6 Å². The Morgan fingerprint density at radius 1 is 1.06 bits per heavy atom. The summed E-state index contributed by atoms with van der Waals surface area (Å²) in [4.78, 5) is 31.6. The van der Waals surface area contributed by atoms with Crippen LogP contribution in [0.15, 0.2) is 57.3 Å². The van der Waals surface area contributed by atoms with Crippen molar-refractivity contribution in [2.24, 2.45) is 10.3 Å². The Kier molecular flexibility index (Phi) is 5.17. The van der Waals surface area contributed by atoms with E-state index in [0.29, 0.717) is 33.6 Å². The van der Waals surface area contributed by atoms with Crippen LogP contribution in [0.1, 0.15) is 5.89 Å². The van der Waals surface area contributed by atoms with E-state index in [2.05, 4.69) is 20.5 Å². The number of imide groups is 1. The number of methoxy groups -OCH3 is 2. The van der Waals surface area contributed by atoms with E-state index in [-0.39, 0.29) is 12.4 Å². The number of ether oxygens (including phenoxy) is 2. The molecule has 2 atom stereocenters. The number of fused-ring (bicyclic) bond motifs is 1. The second-order valence-corrected chi connectivity index (χ2v) is 7.64. The molecule has 0 unspecified atom stereocenters. The summed E-state index contributed by atoms with van der Waals surface area (Å²) in [6.07, 6.45) is 0. The Morgan fingerprint density at radius 2 is 1.85 bits per heavy atom. The molecule has 3 aromatic rings. The molecule has 0 radical (unpaired) electrons. The highest BCUT2D eigenvalue weighted by Crippen LogP contribution is 2.37. The summed E-state index contributed by atoms with van der Waals surface area (Å²) in [5.74, 6) is 0.439. The number of halogens is 1. The maximum atomic E-state index is 13.2. The van der Waals surface area contributed by atoms with Gasteiger partial charge in [0.25, 0.3) is 11.8 Å². The van der Waals surface area contributed by atoms with Gasteiger partial charge in [-0.2, -0.15) is 10.1 Å². The lowest BCUT2D eigenvalue weighted by Gasteiger charge is -2.20. The first kappa shape index (κ1) is 20.9. The van der Waals surface area contributed by atoms with Crippen molar-refractivity contribution in [2.75, 3.05) is 19.1 Å². The molecule has 0 saturated carbocycles. The number of benzene rings is 2. The molecule has 1 saturated heterocycles. The van der Waals surface area contributed by atoms with E-state index in [4.69, 9.17) is 25.6 Å². The number of hydrogen-bond donors (Lipinski definition) is 0. The number of nitrogens with zero attached hydrogens (tertiary/aromatic N) is 6. The van der Waals surface area contributed by atoms with Gasteiger partial charge in [-0.3, -0.25) is 14.6 Å². The normalized spacial score (nSPS) is 19.4. The second kappa shape index (κ2) is 8.17. The van der Waals surface area contributed by atoms with Gasteiger partial charge >= 0.3 is 0 Å². The Morgan fingerprint density at radius 3 is 2.61 bits per heavy atom. The maximum absolute atomic E-state index is 13.2. The first-order valence-electron chi connectivity index (χ1n) is 9.86. The van der Waals surface area contributed by atoms with Crippen LogP contribution in [-0.4, -0.2) is 53.3 Å². The SMILES string of the molecule is COc1ccc(N2C(=O)[C@H]3N=NN(Cc4nc(-c5ccccc5Cl)no4)[C@H]3C2=O)cc1OC. The summed E-state index contributed by atoms with van der Waals surface area (Å²) in [5.41, 5.74) is 0.966. The molecule has 33 heavy (non-hydrogen) atoms. The number of rotatable bonds is 6. The van der Waals surface area contributed by atoms with Gasteiger partial charge in [0.1, 0.15) is 6.54 Å². The molecule has 2 aliphatic heterocycles. The summed E-state index contributed by atoms with van der Waals surface area (Å²) >= 11 is 6.19. The van der Waals surface area contributed by atoms with Crippen LogP contribution in [0.4, 0.5) is 5.69 Å². The highest BCUT2D eigenvalue weighted by atomic mass is 35.5. The standard InChI is InChI=1S/C21H17ClN6O5/c1-31-14-8-7-11(9-15(14)32-2)28-20(29)17-18(21(28)30)27(26-24-17)10-16-23-19(25-33-16)12-5-3-4-6-13(12)22/h3-9,17-18H,10H2,1-2H3/t17-,18+/m0/s1. The van der Waals surface area contributed by atoms with Gasteiger partial charge in [0.15, 0.2) is 23.6 Å². The Balaban J connectivity index is 1.38. The Bertz CT molecular complexity index is 1280. The van der Waals surface area contributed by atoms with Crippen molar-refractivity contribution in [2.45, 2.75) is 18.6 Å². The maximum Gasteiger partial charge on any atom is 0.263 e. The molecular formula is C21H17ClN6O5. The van der Waals surface area contributed by atoms with Crippen LogP contribution in [0.5, 0.6) is 11.5 Å². The van der Waals surface area contributed by atoms with Crippen molar-refractivity contribution in [3.05, 3.63) is 53.4 Å². The molecule has 2 aromatic carbocycles. The van der Waals surface area contributed by atoms with E-state index in [1.807, 2.05) is 6.07 Å². The van der Waals surface area contributed by atoms with Crippen LogP contribution >= 0.6 is 11.6 Å². The highest BCUT2D eigenvalue weighted by Gasteiger charge is 2.55. The zero-order valence-corrected chi connectivity index (χ0v) is 18.3. The summed E-state index contributed by atoms with van der Waals surface area (Å²) < 4.78 is 15.8. The molecular weight excluding hydrogens is 452 g/mol. The molecule has 1 aromatic heterocycles. The minimum Gasteiger partial charge on any atom is -0.493 e. The molecule has 168 valence electrons. The van der Waals surface area contributed by atoms with Gasteiger partial charge in [-0.15, -0.1) is 0 Å². The van der Waals surface area contributed by atoms with Gasteiger partial charge in [-0.25, -0.2) is 4.90 Å². The Hall–Kier alpha value is -3.99. The molecule has 0 N–H and O–H groups in total. The topological polar surface area (TPSA) is 123 Å². The molecule has 11 nitrogen and oxygen atoms in total.